The zero-order chi connectivity index (χ0) is 20.9. The van der Waals surface area contributed by atoms with Crippen molar-refractivity contribution in [2.45, 2.75) is 25.7 Å². The van der Waals surface area contributed by atoms with Gasteiger partial charge in [0, 0.05) is 50.5 Å². The fraction of sp³-hybridized carbons (Fsp3) is 0.435. The normalized spacial score (nSPS) is 17.2. The van der Waals surface area contributed by atoms with Gasteiger partial charge in [-0.05, 0) is 49.1 Å². The summed E-state index contributed by atoms with van der Waals surface area (Å²) >= 11 is 5.91. The molecule has 0 bridgehead atoms. The van der Waals surface area contributed by atoms with Crippen LogP contribution in [0.5, 0.6) is 0 Å². The molecular weight excluding hydrogens is 400 g/mol. The first-order valence-corrected chi connectivity index (χ1v) is 11.0. The zero-order valence-electron chi connectivity index (χ0n) is 17.1. The Morgan fingerprint density at radius 1 is 0.867 bits per heavy atom. The molecule has 158 valence electrons. The molecule has 2 aliphatic rings. The smallest absolute Gasteiger partial charge is 0.257 e. The summed E-state index contributed by atoms with van der Waals surface area (Å²) in [6.07, 6.45) is 5.62. The van der Waals surface area contributed by atoms with Crippen molar-refractivity contribution in [3.8, 4) is 0 Å². The van der Waals surface area contributed by atoms with Crippen molar-refractivity contribution >= 4 is 29.2 Å². The number of benzene rings is 1. The van der Waals surface area contributed by atoms with Gasteiger partial charge in [0.05, 0.1) is 12.0 Å². The minimum atomic E-state index is 0.00785. The van der Waals surface area contributed by atoms with Gasteiger partial charge in [0.25, 0.3) is 5.91 Å². The Morgan fingerprint density at radius 3 is 2.23 bits per heavy atom. The van der Waals surface area contributed by atoms with Crippen molar-refractivity contribution in [1.29, 1.82) is 0 Å². The van der Waals surface area contributed by atoms with Gasteiger partial charge in [0.2, 0.25) is 5.91 Å². The van der Waals surface area contributed by atoms with Crippen LogP contribution >= 0.6 is 11.6 Å². The second-order valence-electron chi connectivity index (χ2n) is 7.90. The number of rotatable bonds is 4. The van der Waals surface area contributed by atoms with Crippen molar-refractivity contribution < 1.29 is 9.59 Å². The number of carbonyl (C=O) groups is 2. The van der Waals surface area contributed by atoms with Crippen LogP contribution in [0.4, 0.5) is 5.82 Å². The summed E-state index contributed by atoms with van der Waals surface area (Å²) in [6, 6.07) is 11.1. The van der Waals surface area contributed by atoms with E-state index in [0.717, 1.165) is 37.3 Å². The highest BCUT2D eigenvalue weighted by Gasteiger charge is 2.28. The highest BCUT2D eigenvalue weighted by molar-refractivity contribution is 6.30. The molecule has 0 atom stereocenters. The van der Waals surface area contributed by atoms with E-state index >= 15 is 0 Å². The molecule has 0 N–H and O–H groups in total. The number of piperazine rings is 1. The average molecular weight is 427 g/mol. The summed E-state index contributed by atoms with van der Waals surface area (Å²) in [6.45, 7) is 4.09. The van der Waals surface area contributed by atoms with Gasteiger partial charge in [0.15, 0.2) is 0 Å². The van der Waals surface area contributed by atoms with Crippen molar-refractivity contribution in [3.05, 3.63) is 58.7 Å². The molecule has 0 saturated carbocycles. The minimum Gasteiger partial charge on any atom is -0.356 e. The number of nitrogens with zero attached hydrogens (tertiary/aromatic N) is 4. The van der Waals surface area contributed by atoms with Crippen molar-refractivity contribution in [3.63, 3.8) is 0 Å². The first-order valence-electron chi connectivity index (χ1n) is 10.6. The standard InChI is InChI=1S/C23H27ClN4O2/c24-19-8-6-18(7-9-19)17-21(29)26-13-15-28(16-14-26)23(30)20-5-4-10-25-22(20)27-11-2-1-3-12-27/h4-10H,1-3,11-17H2. The SMILES string of the molecule is O=C(Cc1ccc(Cl)cc1)N1CCN(C(=O)c2cccnc2N2CCCCC2)CC1. The van der Waals surface area contributed by atoms with E-state index in [2.05, 4.69) is 9.88 Å². The maximum Gasteiger partial charge on any atom is 0.257 e. The Kier molecular flexibility index (Phi) is 6.53. The predicted octanol–water partition coefficient (Wildman–Crippen LogP) is 3.25. The molecule has 0 spiro atoms. The van der Waals surface area contributed by atoms with E-state index in [4.69, 9.17) is 11.6 Å². The number of pyridine rings is 1. The Hall–Kier alpha value is -2.60. The lowest BCUT2D eigenvalue weighted by Crippen LogP contribution is -2.51. The number of anilines is 1. The predicted molar refractivity (Wildman–Crippen MR) is 118 cm³/mol. The summed E-state index contributed by atoms with van der Waals surface area (Å²) in [5.41, 5.74) is 1.62. The molecule has 1 aromatic carbocycles. The molecule has 2 aromatic rings. The van der Waals surface area contributed by atoms with Crippen LogP contribution in [0.15, 0.2) is 42.6 Å². The maximum atomic E-state index is 13.2. The highest BCUT2D eigenvalue weighted by Crippen LogP contribution is 2.23. The molecule has 0 radical (unpaired) electrons. The highest BCUT2D eigenvalue weighted by atomic mass is 35.5. The van der Waals surface area contributed by atoms with Crippen LogP contribution in [-0.4, -0.2) is 65.9 Å². The van der Waals surface area contributed by atoms with E-state index in [1.54, 1.807) is 18.3 Å². The van der Waals surface area contributed by atoms with Crippen LogP contribution in [0.1, 0.15) is 35.2 Å². The third-order valence-corrected chi connectivity index (χ3v) is 6.11. The Morgan fingerprint density at radius 2 is 1.53 bits per heavy atom. The molecule has 3 heterocycles. The molecule has 2 fully saturated rings. The topological polar surface area (TPSA) is 56.8 Å². The van der Waals surface area contributed by atoms with E-state index < -0.39 is 0 Å². The van der Waals surface area contributed by atoms with Crippen LogP contribution < -0.4 is 4.90 Å². The monoisotopic (exact) mass is 426 g/mol. The number of amides is 2. The number of halogens is 1. The van der Waals surface area contributed by atoms with E-state index in [-0.39, 0.29) is 11.8 Å². The summed E-state index contributed by atoms with van der Waals surface area (Å²) in [4.78, 5) is 36.3. The molecule has 2 aliphatic heterocycles. The molecule has 7 heteroatoms. The molecule has 4 rings (SSSR count). The molecule has 0 unspecified atom stereocenters. The Bertz CT molecular complexity index is 888. The van der Waals surface area contributed by atoms with Crippen LogP contribution in [0.3, 0.4) is 0 Å². The van der Waals surface area contributed by atoms with Gasteiger partial charge in [-0.2, -0.15) is 0 Å². The van der Waals surface area contributed by atoms with E-state index in [0.29, 0.717) is 43.2 Å². The van der Waals surface area contributed by atoms with Crippen molar-refractivity contribution in [2.24, 2.45) is 0 Å². The number of aromatic nitrogens is 1. The van der Waals surface area contributed by atoms with Gasteiger partial charge >= 0.3 is 0 Å². The summed E-state index contributed by atoms with van der Waals surface area (Å²) in [5.74, 6) is 0.886. The van der Waals surface area contributed by atoms with Gasteiger partial charge < -0.3 is 14.7 Å². The third kappa shape index (κ3) is 4.75. The van der Waals surface area contributed by atoms with Gasteiger partial charge in [0.1, 0.15) is 5.82 Å². The minimum absolute atomic E-state index is 0.00785. The van der Waals surface area contributed by atoms with Crippen molar-refractivity contribution in [2.75, 3.05) is 44.2 Å². The van der Waals surface area contributed by atoms with Crippen LogP contribution in [0.2, 0.25) is 5.02 Å². The quantitative estimate of drug-likeness (QED) is 0.753. The van der Waals surface area contributed by atoms with Crippen LogP contribution in [0.25, 0.3) is 0 Å². The molecular formula is C23H27ClN4O2. The van der Waals surface area contributed by atoms with Crippen LogP contribution in [-0.2, 0) is 11.2 Å². The summed E-state index contributed by atoms with van der Waals surface area (Å²) < 4.78 is 0. The first-order chi connectivity index (χ1) is 14.6. The lowest BCUT2D eigenvalue weighted by Gasteiger charge is -2.36. The maximum absolute atomic E-state index is 13.2. The third-order valence-electron chi connectivity index (χ3n) is 5.86. The van der Waals surface area contributed by atoms with Crippen molar-refractivity contribution in [1.82, 2.24) is 14.8 Å². The number of carbonyl (C=O) groups excluding carboxylic acids is 2. The van der Waals surface area contributed by atoms with Gasteiger partial charge in [-0.15, -0.1) is 0 Å². The fourth-order valence-electron chi connectivity index (χ4n) is 4.14. The van der Waals surface area contributed by atoms with E-state index in [9.17, 15) is 9.59 Å². The molecule has 1 aromatic heterocycles. The van der Waals surface area contributed by atoms with E-state index in [1.165, 1.54) is 6.42 Å². The second kappa shape index (κ2) is 9.47. The Balaban J connectivity index is 1.36. The zero-order valence-corrected chi connectivity index (χ0v) is 17.9. The lowest BCUT2D eigenvalue weighted by molar-refractivity contribution is -0.131. The molecule has 2 amide bonds. The number of hydrogen-bond donors (Lipinski definition) is 0. The molecule has 0 aliphatic carbocycles. The second-order valence-corrected chi connectivity index (χ2v) is 8.33. The van der Waals surface area contributed by atoms with Gasteiger partial charge in [-0.3, -0.25) is 9.59 Å². The molecule has 6 nitrogen and oxygen atoms in total. The fourth-order valence-corrected chi connectivity index (χ4v) is 4.27. The number of hydrogen-bond acceptors (Lipinski definition) is 4. The lowest BCUT2D eigenvalue weighted by atomic mass is 10.1. The van der Waals surface area contributed by atoms with Gasteiger partial charge in [-0.25, -0.2) is 4.98 Å². The molecule has 2 saturated heterocycles. The summed E-state index contributed by atoms with van der Waals surface area (Å²) in [5, 5.41) is 0.664. The van der Waals surface area contributed by atoms with Gasteiger partial charge in [-0.1, -0.05) is 23.7 Å². The van der Waals surface area contributed by atoms with E-state index in [1.807, 2.05) is 34.1 Å². The Labute approximate surface area is 182 Å². The summed E-state index contributed by atoms with van der Waals surface area (Å²) in [7, 11) is 0. The van der Waals surface area contributed by atoms with Crippen LogP contribution in [0, 0.1) is 0 Å². The first kappa shape index (κ1) is 20.7. The largest absolute Gasteiger partial charge is 0.356 e. The average Bonchev–Trinajstić information content (AvgIpc) is 2.81. The molecule has 30 heavy (non-hydrogen) atoms. The number of piperidine rings is 1.